The maximum atomic E-state index is 12.6. The Morgan fingerprint density at radius 1 is 1.07 bits per heavy atom. The summed E-state index contributed by atoms with van der Waals surface area (Å²) in [6.07, 6.45) is 0. The zero-order chi connectivity index (χ0) is 21.0. The molecule has 0 fully saturated rings. The second-order valence-corrected chi connectivity index (χ2v) is 6.74. The molecule has 0 spiro atoms. The number of rotatable bonds is 8. The zero-order valence-electron chi connectivity index (χ0n) is 17.0. The predicted molar refractivity (Wildman–Crippen MR) is 112 cm³/mol. The molecular formula is C23H26N2O4. The molecule has 0 aliphatic carbocycles. The van der Waals surface area contributed by atoms with E-state index >= 15 is 0 Å². The molecule has 1 N–H and O–H groups in total. The van der Waals surface area contributed by atoms with Crippen LogP contribution in [-0.2, 0) is 4.79 Å². The Kier molecular flexibility index (Phi) is 6.22. The molecule has 2 aromatic rings. The maximum Gasteiger partial charge on any atom is 0.259 e. The summed E-state index contributed by atoms with van der Waals surface area (Å²) in [6, 6.07) is 12.6. The van der Waals surface area contributed by atoms with Gasteiger partial charge in [-0.1, -0.05) is 30.8 Å². The lowest BCUT2D eigenvalue weighted by Gasteiger charge is -2.20. The summed E-state index contributed by atoms with van der Waals surface area (Å²) in [5.74, 6) is 0.861. The van der Waals surface area contributed by atoms with Crippen LogP contribution in [0.15, 0.2) is 49.0 Å². The largest absolute Gasteiger partial charge is 0.490 e. The van der Waals surface area contributed by atoms with Crippen molar-refractivity contribution in [3.63, 3.8) is 0 Å². The fourth-order valence-corrected chi connectivity index (χ4v) is 3.35. The number of amides is 2. The quantitative estimate of drug-likeness (QED) is 0.740. The van der Waals surface area contributed by atoms with Gasteiger partial charge in [0.15, 0.2) is 11.5 Å². The minimum absolute atomic E-state index is 0.0773. The van der Waals surface area contributed by atoms with Gasteiger partial charge in [-0.3, -0.25) is 14.5 Å². The van der Waals surface area contributed by atoms with E-state index in [0.29, 0.717) is 36.0 Å². The molecule has 0 saturated heterocycles. The summed E-state index contributed by atoms with van der Waals surface area (Å²) >= 11 is 0. The van der Waals surface area contributed by atoms with Gasteiger partial charge in [-0.15, -0.1) is 0 Å². The van der Waals surface area contributed by atoms with Gasteiger partial charge >= 0.3 is 0 Å². The lowest BCUT2D eigenvalue weighted by molar-refractivity contribution is -0.121. The van der Waals surface area contributed by atoms with Crippen molar-refractivity contribution >= 4 is 17.5 Å². The number of ether oxygens (including phenoxy) is 2. The highest BCUT2D eigenvalue weighted by Crippen LogP contribution is 2.32. The minimum atomic E-state index is -0.259. The van der Waals surface area contributed by atoms with Crippen molar-refractivity contribution in [2.45, 2.75) is 26.8 Å². The Balaban J connectivity index is 1.68. The van der Waals surface area contributed by atoms with Gasteiger partial charge in [0, 0.05) is 16.8 Å². The van der Waals surface area contributed by atoms with Crippen LogP contribution in [0.5, 0.6) is 11.5 Å². The van der Waals surface area contributed by atoms with Gasteiger partial charge in [0.25, 0.3) is 5.91 Å². The third-order valence-corrected chi connectivity index (χ3v) is 4.79. The van der Waals surface area contributed by atoms with Gasteiger partial charge in [0.05, 0.1) is 19.3 Å². The molecular weight excluding hydrogens is 368 g/mol. The van der Waals surface area contributed by atoms with E-state index in [1.165, 1.54) is 4.90 Å². The maximum absolute atomic E-state index is 12.6. The van der Waals surface area contributed by atoms with Crippen LogP contribution in [0.2, 0.25) is 0 Å². The van der Waals surface area contributed by atoms with Crippen molar-refractivity contribution in [3.8, 4) is 11.5 Å². The van der Waals surface area contributed by atoms with Crippen molar-refractivity contribution in [2.75, 3.05) is 19.8 Å². The molecule has 1 atom stereocenters. The molecule has 1 aliphatic heterocycles. The van der Waals surface area contributed by atoms with Crippen molar-refractivity contribution < 1.29 is 19.1 Å². The molecule has 0 saturated carbocycles. The monoisotopic (exact) mass is 394 g/mol. The van der Waals surface area contributed by atoms with Gasteiger partial charge in [0.1, 0.15) is 6.54 Å². The van der Waals surface area contributed by atoms with Gasteiger partial charge in [0.2, 0.25) is 5.91 Å². The minimum Gasteiger partial charge on any atom is -0.490 e. The lowest BCUT2D eigenvalue weighted by Crippen LogP contribution is -2.37. The highest BCUT2D eigenvalue weighted by Gasteiger charge is 2.32. The number of carbonyl (C=O) groups is 2. The third-order valence-electron chi connectivity index (χ3n) is 4.79. The van der Waals surface area contributed by atoms with E-state index in [0.717, 1.165) is 11.1 Å². The van der Waals surface area contributed by atoms with Gasteiger partial charge in [-0.05, 0) is 44.5 Å². The number of benzene rings is 2. The summed E-state index contributed by atoms with van der Waals surface area (Å²) < 4.78 is 11.2. The van der Waals surface area contributed by atoms with E-state index in [4.69, 9.17) is 9.47 Å². The fraction of sp³-hybridized carbons (Fsp3) is 0.304. The predicted octanol–water partition coefficient (Wildman–Crippen LogP) is 3.79. The average molecular weight is 394 g/mol. The molecule has 0 unspecified atom stereocenters. The number of carbonyl (C=O) groups excluding carboxylic acids is 2. The number of hydrogen-bond donors (Lipinski definition) is 1. The lowest BCUT2D eigenvalue weighted by atomic mass is 10.1. The summed E-state index contributed by atoms with van der Waals surface area (Å²) in [5, 5.41) is 2.94. The van der Waals surface area contributed by atoms with Gasteiger partial charge < -0.3 is 14.8 Å². The molecule has 152 valence electrons. The summed E-state index contributed by atoms with van der Waals surface area (Å²) in [7, 11) is 0. The first kappa shape index (κ1) is 20.5. The van der Waals surface area contributed by atoms with Crippen LogP contribution in [-0.4, -0.2) is 36.5 Å². The number of nitrogens with one attached hydrogen (secondary N) is 1. The van der Waals surface area contributed by atoms with Crippen LogP contribution in [0.4, 0.5) is 0 Å². The van der Waals surface area contributed by atoms with Gasteiger partial charge in [-0.25, -0.2) is 0 Å². The van der Waals surface area contributed by atoms with Crippen LogP contribution in [0.1, 0.15) is 48.3 Å². The summed E-state index contributed by atoms with van der Waals surface area (Å²) in [4.78, 5) is 26.6. The molecule has 2 amide bonds. The smallest absolute Gasteiger partial charge is 0.259 e. The number of fused-ring (bicyclic) bond motifs is 1. The van der Waals surface area contributed by atoms with Crippen LogP contribution in [0.25, 0.3) is 5.70 Å². The van der Waals surface area contributed by atoms with Crippen LogP contribution in [0, 0.1) is 0 Å². The first-order valence-electron chi connectivity index (χ1n) is 9.75. The van der Waals surface area contributed by atoms with E-state index in [1.807, 2.05) is 51.1 Å². The molecule has 0 aromatic heterocycles. The van der Waals surface area contributed by atoms with E-state index < -0.39 is 0 Å². The zero-order valence-corrected chi connectivity index (χ0v) is 17.0. The molecule has 2 aromatic carbocycles. The highest BCUT2D eigenvalue weighted by atomic mass is 16.5. The van der Waals surface area contributed by atoms with Crippen molar-refractivity contribution in [1.82, 2.24) is 10.2 Å². The van der Waals surface area contributed by atoms with Crippen molar-refractivity contribution in [2.24, 2.45) is 0 Å². The molecule has 29 heavy (non-hydrogen) atoms. The Hall–Kier alpha value is -3.28. The normalized spacial score (nSPS) is 13.8. The van der Waals surface area contributed by atoms with Crippen molar-refractivity contribution in [3.05, 3.63) is 65.7 Å². The SMILES string of the molecule is C=C1c2ccccc2C(=O)N1CC(=O)N[C@@H](C)c1ccc(OCC)c(OCC)c1. The molecule has 6 heteroatoms. The van der Waals surface area contributed by atoms with E-state index in [9.17, 15) is 9.59 Å². The van der Waals surface area contributed by atoms with E-state index in [1.54, 1.807) is 12.1 Å². The fourth-order valence-electron chi connectivity index (χ4n) is 3.35. The Labute approximate surface area is 171 Å². The Morgan fingerprint density at radius 3 is 2.38 bits per heavy atom. The first-order chi connectivity index (χ1) is 14.0. The highest BCUT2D eigenvalue weighted by molar-refractivity contribution is 6.10. The second kappa shape index (κ2) is 8.82. The topological polar surface area (TPSA) is 67.9 Å². The standard InChI is InChI=1S/C23H26N2O4/c1-5-28-20-12-11-17(13-21(20)29-6-2)15(3)24-22(26)14-25-16(4)18-9-7-8-10-19(18)23(25)27/h7-13,15H,4-6,14H2,1-3H3,(H,24,26)/t15-/m0/s1. The number of hydrogen-bond acceptors (Lipinski definition) is 4. The third kappa shape index (κ3) is 4.26. The van der Waals surface area contributed by atoms with Gasteiger partial charge in [-0.2, -0.15) is 0 Å². The molecule has 0 bridgehead atoms. The summed E-state index contributed by atoms with van der Waals surface area (Å²) in [6.45, 7) is 10.7. The summed E-state index contributed by atoms with van der Waals surface area (Å²) in [5.41, 5.74) is 2.78. The Bertz CT molecular complexity index is 903. The molecule has 1 heterocycles. The van der Waals surface area contributed by atoms with Crippen LogP contribution in [0.3, 0.4) is 0 Å². The molecule has 3 rings (SSSR count). The number of nitrogens with zero attached hydrogens (tertiary/aromatic N) is 1. The Morgan fingerprint density at radius 2 is 1.72 bits per heavy atom. The molecule has 0 radical (unpaired) electrons. The van der Waals surface area contributed by atoms with E-state index in [-0.39, 0.29) is 24.4 Å². The molecule has 1 aliphatic rings. The van der Waals surface area contributed by atoms with Crippen LogP contribution < -0.4 is 14.8 Å². The first-order valence-corrected chi connectivity index (χ1v) is 9.75. The van der Waals surface area contributed by atoms with Crippen LogP contribution >= 0.6 is 0 Å². The molecule has 6 nitrogen and oxygen atoms in total. The second-order valence-electron chi connectivity index (χ2n) is 6.74. The van der Waals surface area contributed by atoms with E-state index in [2.05, 4.69) is 11.9 Å². The average Bonchev–Trinajstić information content (AvgIpc) is 2.95. The van der Waals surface area contributed by atoms with Crippen molar-refractivity contribution in [1.29, 1.82) is 0 Å².